The van der Waals surface area contributed by atoms with Gasteiger partial charge in [0.25, 0.3) is 0 Å². The molecule has 0 aliphatic heterocycles. The summed E-state index contributed by atoms with van der Waals surface area (Å²) in [6.07, 6.45) is 32.2. The van der Waals surface area contributed by atoms with Gasteiger partial charge >= 0.3 is 29.6 Å². The van der Waals surface area contributed by atoms with Crippen LogP contribution in [0.15, 0.2) is 0 Å². The summed E-state index contributed by atoms with van der Waals surface area (Å²) in [5, 5.41) is 11.4. The summed E-state index contributed by atoms with van der Waals surface area (Å²) in [5.74, 6) is -1.02. The second-order valence-corrected chi connectivity index (χ2v) is 10.0. The van der Waals surface area contributed by atoms with Gasteiger partial charge in [-0.15, -0.1) is 0 Å². The Balaban J connectivity index is 0. The molecular formula is C29H57NaO2. The molecule has 0 amide bonds. The van der Waals surface area contributed by atoms with Crippen LogP contribution in [0, 0.1) is 5.92 Å². The minimum Gasteiger partial charge on any atom is -0.550 e. The molecule has 186 valence electrons. The second-order valence-electron chi connectivity index (χ2n) is 10.0. The summed E-state index contributed by atoms with van der Waals surface area (Å²) in [6.45, 7) is 4.53. The van der Waals surface area contributed by atoms with Crippen LogP contribution in [0.25, 0.3) is 0 Å². The normalized spacial score (nSPS) is 11.9. The first-order chi connectivity index (χ1) is 15.2. The smallest absolute Gasteiger partial charge is 0.550 e. The molecule has 0 N–H and O–H groups in total. The van der Waals surface area contributed by atoms with Crippen LogP contribution < -0.4 is 34.7 Å². The van der Waals surface area contributed by atoms with Crippen molar-refractivity contribution in [1.82, 2.24) is 0 Å². The minimum atomic E-state index is -0.812. The third kappa shape index (κ3) is 26.7. The van der Waals surface area contributed by atoms with Crippen molar-refractivity contribution < 1.29 is 39.5 Å². The fraction of sp³-hybridized carbons (Fsp3) is 0.966. The van der Waals surface area contributed by atoms with Crippen molar-refractivity contribution in [2.45, 2.75) is 174 Å². The van der Waals surface area contributed by atoms with Crippen LogP contribution in [0.1, 0.15) is 174 Å². The van der Waals surface area contributed by atoms with E-state index in [1.54, 1.807) is 0 Å². The third-order valence-electron chi connectivity index (χ3n) is 6.90. The van der Waals surface area contributed by atoms with Crippen LogP contribution in [0.4, 0.5) is 0 Å². The minimum absolute atomic E-state index is 0. The van der Waals surface area contributed by atoms with E-state index >= 15 is 0 Å². The summed E-state index contributed by atoms with van der Waals surface area (Å²) in [5.41, 5.74) is 0. The van der Waals surface area contributed by atoms with Gasteiger partial charge in [0.05, 0.1) is 0 Å². The molecule has 0 saturated carbocycles. The molecule has 0 saturated heterocycles. The molecule has 0 aromatic carbocycles. The molecule has 0 aromatic heterocycles. The SMILES string of the molecule is CCCCCCCCCCCCCCCCCC(CCCCCCCCCC)C(=O)[O-].[Na+]. The Morgan fingerprint density at radius 1 is 0.469 bits per heavy atom. The van der Waals surface area contributed by atoms with Gasteiger partial charge in [0.1, 0.15) is 0 Å². The maximum absolute atomic E-state index is 11.4. The van der Waals surface area contributed by atoms with E-state index in [1.807, 2.05) is 0 Å². The number of hydrogen-bond donors (Lipinski definition) is 0. The predicted molar refractivity (Wildman–Crippen MR) is 135 cm³/mol. The number of rotatable bonds is 26. The van der Waals surface area contributed by atoms with Crippen LogP contribution in [0.2, 0.25) is 0 Å². The molecule has 0 heterocycles. The van der Waals surface area contributed by atoms with Crippen molar-refractivity contribution in [1.29, 1.82) is 0 Å². The van der Waals surface area contributed by atoms with Gasteiger partial charge in [0.15, 0.2) is 0 Å². The Morgan fingerprint density at radius 3 is 0.906 bits per heavy atom. The number of unbranched alkanes of at least 4 members (excludes halogenated alkanes) is 21. The van der Waals surface area contributed by atoms with E-state index in [-0.39, 0.29) is 35.5 Å². The molecule has 0 radical (unpaired) electrons. The zero-order chi connectivity index (χ0) is 22.8. The van der Waals surface area contributed by atoms with E-state index < -0.39 is 5.97 Å². The zero-order valence-electron chi connectivity index (χ0n) is 22.6. The van der Waals surface area contributed by atoms with Crippen LogP contribution in [-0.4, -0.2) is 5.97 Å². The van der Waals surface area contributed by atoms with Gasteiger partial charge in [0, 0.05) is 5.97 Å². The molecule has 1 unspecified atom stereocenters. The average Bonchev–Trinajstić information content (AvgIpc) is 2.76. The quantitative estimate of drug-likeness (QED) is 0.115. The summed E-state index contributed by atoms with van der Waals surface area (Å²) in [7, 11) is 0. The first-order valence-electron chi connectivity index (χ1n) is 14.4. The molecule has 0 rings (SSSR count). The monoisotopic (exact) mass is 460 g/mol. The predicted octanol–water partition coefficient (Wildman–Crippen LogP) is 6.15. The topological polar surface area (TPSA) is 40.1 Å². The van der Waals surface area contributed by atoms with E-state index in [0.29, 0.717) is 0 Å². The largest absolute Gasteiger partial charge is 1.00 e. The van der Waals surface area contributed by atoms with Crippen LogP contribution in [-0.2, 0) is 4.79 Å². The fourth-order valence-electron chi connectivity index (χ4n) is 4.67. The standard InChI is InChI=1S/C29H58O2.Na/c1-3-5-7-9-11-13-14-15-16-17-18-19-21-23-25-27-28(29(30)31)26-24-22-20-12-10-8-6-4-2;/h28H,3-27H2,1-2H3,(H,30,31);/q;+1/p-1. The summed E-state index contributed by atoms with van der Waals surface area (Å²) >= 11 is 0. The molecule has 0 aliphatic rings. The first-order valence-corrected chi connectivity index (χ1v) is 14.4. The Morgan fingerprint density at radius 2 is 0.688 bits per heavy atom. The van der Waals surface area contributed by atoms with Crippen LogP contribution in [0.3, 0.4) is 0 Å². The van der Waals surface area contributed by atoms with Crippen molar-refractivity contribution in [3.63, 3.8) is 0 Å². The molecule has 0 aliphatic carbocycles. The van der Waals surface area contributed by atoms with E-state index in [0.717, 1.165) is 25.7 Å². The molecule has 2 nitrogen and oxygen atoms in total. The zero-order valence-corrected chi connectivity index (χ0v) is 24.6. The maximum Gasteiger partial charge on any atom is 1.00 e. The fourth-order valence-corrected chi connectivity index (χ4v) is 4.67. The van der Waals surface area contributed by atoms with E-state index in [2.05, 4.69) is 13.8 Å². The van der Waals surface area contributed by atoms with E-state index in [9.17, 15) is 9.90 Å². The Hall–Kier alpha value is 0.470. The molecular weight excluding hydrogens is 403 g/mol. The summed E-state index contributed by atoms with van der Waals surface area (Å²) in [4.78, 5) is 11.4. The van der Waals surface area contributed by atoms with Crippen LogP contribution >= 0.6 is 0 Å². The Bertz CT molecular complexity index is 359. The number of hydrogen-bond acceptors (Lipinski definition) is 2. The molecule has 0 bridgehead atoms. The molecule has 1 atom stereocenters. The van der Waals surface area contributed by atoms with Gasteiger partial charge in [-0.1, -0.05) is 162 Å². The van der Waals surface area contributed by atoms with Gasteiger partial charge in [0.2, 0.25) is 0 Å². The van der Waals surface area contributed by atoms with Crippen LogP contribution in [0.5, 0.6) is 0 Å². The number of carboxylic acid groups (broad SMARTS) is 1. The van der Waals surface area contributed by atoms with Gasteiger partial charge in [-0.05, 0) is 18.8 Å². The number of aliphatic carboxylic acids is 1. The van der Waals surface area contributed by atoms with Crippen molar-refractivity contribution >= 4 is 5.97 Å². The van der Waals surface area contributed by atoms with Gasteiger partial charge in [-0.3, -0.25) is 0 Å². The number of carbonyl (C=O) groups is 1. The number of carbonyl (C=O) groups excluding carboxylic acids is 1. The van der Waals surface area contributed by atoms with Gasteiger partial charge < -0.3 is 9.90 Å². The van der Waals surface area contributed by atoms with Crippen molar-refractivity contribution in [2.75, 3.05) is 0 Å². The molecule has 0 spiro atoms. The van der Waals surface area contributed by atoms with E-state index in [4.69, 9.17) is 0 Å². The summed E-state index contributed by atoms with van der Waals surface area (Å²) < 4.78 is 0. The van der Waals surface area contributed by atoms with Crippen molar-refractivity contribution in [3.8, 4) is 0 Å². The van der Waals surface area contributed by atoms with Gasteiger partial charge in [-0.25, -0.2) is 0 Å². The summed E-state index contributed by atoms with van der Waals surface area (Å²) in [6, 6.07) is 0. The second kappa shape index (κ2) is 29.5. The van der Waals surface area contributed by atoms with Crippen molar-refractivity contribution in [3.05, 3.63) is 0 Å². The molecule has 0 fully saturated rings. The molecule has 32 heavy (non-hydrogen) atoms. The van der Waals surface area contributed by atoms with Gasteiger partial charge in [-0.2, -0.15) is 0 Å². The third-order valence-corrected chi connectivity index (χ3v) is 6.90. The average molecular weight is 461 g/mol. The Kier molecular flexibility index (Phi) is 31.9. The maximum atomic E-state index is 11.4. The molecule has 0 aromatic rings. The first kappa shape index (κ1) is 34.6. The number of carboxylic acids is 1. The van der Waals surface area contributed by atoms with E-state index in [1.165, 1.54) is 135 Å². The van der Waals surface area contributed by atoms with Crippen molar-refractivity contribution in [2.24, 2.45) is 5.92 Å². The molecule has 3 heteroatoms. The Labute approximate surface area is 224 Å².